The molecule has 0 bridgehead atoms. The summed E-state index contributed by atoms with van der Waals surface area (Å²) >= 11 is 0. The molecule has 1 rings (SSSR count). The molecule has 1 heteroatoms. The summed E-state index contributed by atoms with van der Waals surface area (Å²) in [5.74, 6) is 0.993. The van der Waals surface area contributed by atoms with Gasteiger partial charge in [-0.25, -0.2) is 0 Å². The Morgan fingerprint density at radius 1 is 1.50 bits per heavy atom. The van der Waals surface area contributed by atoms with Gasteiger partial charge in [-0.05, 0) is 31.6 Å². The summed E-state index contributed by atoms with van der Waals surface area (Å²) in [4.78, 5) is 0. The first kappa shape index (κ1) is 7.80. The van der Waals surface area contributed by atoms with E-state index in [2.05, 4.69) is 20.4 Å². The summed E-state index contributed by atoms with van der Waals surface area (Å²) in [5.41, 5.74) is 1.23. The van der Waals surface area contributed by atoms with E-state index in [4.69, 9.17) is 0 Å². The second-order valence-corrected chi connectivity index (χ2v) is 3.46. The van der Waals surface area contributed by atoms with E-state index in [1.54, 1.807) is 0 Å². The lowest BCUT2D eigenvalue weighted by atomic mass is 9.91. The summed E-state index contributed by atoms with van der Waals surface area (Å²) in [6, 6.07) is 0. The van der Waals surface area contributed by atoms with Crippen molar-refractivity contribution in [2.24, 2.45) is 11.8 Å². The quantitative estimate of drug-likeness (QED) is 0.552. The molecule has 1 nitrogen and oxygen atoms in total. The molecule has 0 aromatic heterocycles. The van der Waals surface area contributed by atoms with Gasteiger partial charge in [-0.1, -0.05) is 19.1 Å². The van der Waals surface area contributed by atoms with Crippen LogP contribution in [-0.2, 0) is 0 Å². The van der Waals surface area contributed by atoms with Crippen LogP contribution in [0.1, 0.15) is 26.7 Å². The molecule has 0 aliphatic heterocycles. The third-order valence-corrected chi connectivity index (χ3v) is 2.65. The van der Waals surface area contributed by atoms with Crippen LogP contribution < -0.4 is 0 Å². The lowest BCUT2D eigenvalue weighted by molar-refractivity contribution is 0.132. The van der Waals surface area contributed by atoms with Gasteiger partial charge in [0.15, 0.2) is 0 Å². The van der Waals surface area contributed by atoms with Crippen LogP contribution in [0, 0.1) is 11.8 Å². The van der Waals surface area contributed by atoms with E-state index in [-0.39, 0.29) is 6.10 Å². The van der Waals surface area contributed by atoms with Gasteiger partial charge in [-0.3, -0.25) is 0 Å². The Bertz CT molecular complexity index is 140. The van der Waals surface area contributed by atoms with Gasteiger partial charge in [0.1, 0.15) is 0 Å². The van der Waals surface area contributed by atoms with E-state index >= 15 is 0 Å². The predicted molar refractivity (Wildman–Crippen MR) is 42.7 cm³/mol. The maximum atomic E-state index is 9.38. The minimum atomic E-state index is -0.0818. The molecule has 0 aromatic carbocycles. The van der Waals surface area contributed by atoms with Crippen LogP contribution in [0.2, 0.25) is 0 Å². The van der Waals surface area contributed by atoms with Crippen molar-refractivity contribution in [2.45, 2.75) is 32.8 Å². The van der Waals surface area contributed by atoms with Crippen LogP contribution in [0.3, 0.4) is 0 Å². The summed E-state index contributed by atoms with van der Waals surface area (Å²) in [5, 5.41) is 9.38. The molecule has 1 saturated carbocycles. The number of aliphatic hydroxyl groups is 1. The third kappa shape index (κ3) is 1.24. The molecule has 0 amide bonds. The highest BCUT2D eigenvalue weighted by molar-refractivity contribution is 5.02. The molecule has 1 aliphatic carbocycles. The predicted octanol–water partition coefficient (Wildman–Crippen LogP) is 1.97. The fourth-order valence-corrected chi connectivity index (χ4v) is 1.84. The summed E-state index contributed by atoms with van der Waals surface area (Å²) in [7, 11) is 0. The lowest BCUT2D eigenvalue weighted by Crippen LogP contribution is -2.15. The molecule has 1 aliphatic rings. The number of rotatable bonds is 1. The minimum Gasteiger partial charge on any atom is -0.393 e. The zero-order chi connectivity index (χ0) is 7.72. The van der Waals surface area contributed by atoms with Crippen molar-refractivity contribution >= 4 is 0 Å². The Balaban J connectivity index is 2.57. The topological polar surface area (TPSA) is 20.2 Å². The van der Waals surface area contributed by atoms with E-state index in [1.807, 2.05) is 0 Å². The molecule has 3 atom stereocenters. The molecular formula is C9H16O. The van der Waals surface area contributed by atoms with Gasteiger partial charge in [0, 0.05) is 0 Å². The summed E-state index contributed by atoms with van der Waals surface area (Å²) in [6.45, 7) is 8.07. The molecule has 0 heterocycles. The van der Waals surface area contributed by atoms with Crippen molar-refractivity contribution in [3.05, 3.63) is 12.2 Å². The summed E-state index contributed by atoms with van der Waals surface area (Å²) < 4.78 is 0. The van der Waals surface area contributed by atoms with Gasteiger partial charge in [-0.2, -0.15) is 0 Å². The summed E-state index contributed by atoms with van der Waals surface area (Å²) in [6.07, 6.45) is 2.00. The SMILES string of the molecule is C=C(C)C1CCC(O)C1C. The fraction of sp³-hybridized carbons (Fsp3) is 0.778. The van der Waals surface area contributed by atoms with Gasteiger partial charge in [0.25, 0.3) is 0 Å². The van der Waals surface area contributed by atoms with Crippen molar-refractivity contribution in [1.29, 1.82) is 0 Å². The van der Waals surface area contributed by atoms with Crippen molar-refractivity contribution in [3.63, 3.8) is 0 Å². The highest BCUT2D eigenvalue weighted by Crippen LogP contribution is 2.35. The third-order valence-electron chi connectivity index (χ3n) is 2.65. The smallest absolute Gasteiger partial charge is 0.0571 e. The molecule has 1 fully saturated rings. The standard InChI is InChI=1S/C9H16O/c1-6(2)8-4-5-9(10)7(8)3/h7-10H,1,4-5H2,2-3H3. The average molecular weight is 140 g/mol. The second kappa shape index (κ2) is 2.75. The van der Waals surface area contributed by atoms with E-state index in [0.717, 1.165) is 12.8 Å². The Morgan fingerprint density at radius 2 is 2.10 bits per heavy atom. The second-order valence-electron chi connectivity index (χ2n) is 3.46. The molecular weight excluding hydrogens is 124 g/mol. The Kier molecular flexibility index (Phi) is 2.14. The molecule has 3 unspecified atom stereocenters. The van der Waals surface area contributed by atoms with Crippen molar-refractivity contribution in [3.8, 4) is 0 Å². The van der Waals surface area contributed by atoms with Gasteiger partial charge >= 0.3 is 0 Å². The van der Waals surface area contributed by atoms with Crippen molar-refractivity contribution in [1.82, 2.24) is 0 Å². The maximum Gasteiger partial charge on any atom is 0.0571 e. The average Bonchev–Trinajstić information content (AvgIpc) is 2.14. The number of allylic oxidation sites excluding steroid dienone is 1. The van der Waals surface area contributed by atoms with Gasteiger partial charge in [-0.15, -0.1) is 0 Å². The molecule has 0 saturated heterocycles. The van der Waals surface area contributed by atoms with E-state index in [9.17, 15) is 5.11 Å². The maximum absolute atomic E-state index is 9.38. The van der Waals surface area contributed by atoms with E-state index in [1.165, 1.54) is 5.57 Å². The largest absolute Gasteiger partial charge is 0.393 e. The van der Waals surface area contributed by atoms with Crippen LogP contribution in [0.5, 0.6) is 0 Å². The molecule has 1 N–H and O–H groups in total. The van der Waals surface area contributed by atoms with Gasteiger partial charge < -0.3 is 5.11 Å². The Morgan fingerprint density at radius 3 is 2.30 bits per heavy atom. The van der Waals surface area contributed by atoms with E-state index < -0.39 is 0 Å². The number of aliphatic hydroxyl groups excluding tert-OH is 1. The first-order valence-corrected chi connectivity index (χ1v) is 3.96. The highest BCUT2D eigenvalue weighted by Gasteiger charge is 2.31. The molecule has 0 aromatic rings. The van der Waals surface area contributed by atoms with Crippen LogP contribution in [-0.4, -0.2) is 11.2 Å². The molecule has 0 radical (unpaired) electrons. The van der Waals surface area contributed by atoms with Crippen molar-refractivity contribution < 1.29 is 5.11 Å². The Hall–Kier alpha value is -0.300. The number of hydrogen-bond donors (Lipinski definition) is 1. The van der Waals surface area contributed by atoms with Gasteiger partial charge in [0.05, 0.1) is 6.10 Å². The van der Waals surface area contributed by atoms with E-state index in [0.29, 0.717) is 11.8 Å². The monoisotopic (exact) mass is 140 g/mol. The zero-order valence-electron chi connectivity index (χ0n) is 6.80. The molecule has 58 valence electrons. The fourth-order valence-electron chi connectivity index (χ4n) is 1.84. The molecule has 0 spiro atoms. The minimum absolute atomic E-state index is 0.0818. The van der Waals surface area contributed by atoms with Crippen LogP contribution in [0.15, 0.2) is 12.2 Å². The first-order chi connectivity index (χ1) is 4.63. The normalized spacial score (nSPS) is 40.1. The van der Waals surface area contributed by atoms with Gasteiger partial charge in [0.2, 0.25) is 0 Å². The van der Waals surface area contributed by atoms with Crippen molar-refractivity contribution in [2.75, 3.05) is 0 Å². The molecule has 10 heavy (non-hydrogen) atoms. The first-order valence-electron chi connectivity index (χ1n) is 3.96. The highest BCUT2D eigenvalue weighted by atomic mass is 16.3. The lowest BCUT2D eigenvalue weighted by Gasteiger charge is -2.16. The number of hydrogen-bond acceptors (Lipinski definition) is 1. The van der Waals surface area contributed by atoms with Crippen LogP contribution in [0.25, 0.3) is 0 Å². The zero-order valence-corrected chi connectivity index (χ0v) is 6.80. The Labute approximate surface area is 62.8 Å². The van der Waals surface area contributed by atoms with Crippen LogP contribution >= 0.6 is 0 Å². The van der Waals surface area contributed by atoms with Crippen LogP contribution in [0.4, 0.5) is 0 Å².